The van der Waals surface area contributed by atoms with Crippen LogP contribution in [0.3, 0.4) is 0 Å². The summed E-state index contributed by atoms with van der Waals surface area (Å²) in [5.41, 5.74) is 2.83. The SMILES string of the molecule is Cc1ccc(-c2nc3ccccc3s2)c(O)c1.[Zn]. The first-order valence-corrected chi connectivity index (χ1v) is 6.21. The van der Waals surface area contributed by atoms with Crippen LogP contribution < -0.4 is 0 Å². The number of hydrogen-bond donors (Lipinski definition) is 1. The van der Waals surface area contributed by atoms with Gasteiger partial charge in [0.1, 0.15) is 10.8 Å². The van der Waals surface area contributed by atoms with Crippen LogP contribution in [-0.2, 0) is 19.5 Å². The van der Waals surface area contributed by atoms with E-state index in [2.05, 4.69) is 4.98 Å². The molecule has 2 aromatic carbocycles. The molecule has 0 atom stereocenters. The molecule has 1 heterocycles. The van der Waals surface area contributed by atoms with Crippen LogP contribution in [0.25, 0.3) is 20.8 Å². The van der Waals surface area contributed by atoms with Gasteiger partial charge in [0.05, 0.1) is 15.8 Å². The molecule has 0 unspecified atom stereocenters. The standard InChI is InChI=1S/C14H11NOS.Zn/c1-9-6-7-10(12(16)8-9)14-15-11-4-2-3-5-13(11)17-14;/h2-8,16H,1H3;. The molecule has 0 aliphatic rings. The molecule has 0 fully saturated rings. The third-order valence-electron chi connectivity index (χ3n) is 2.68. The summed E-state index contributed by atoms with van der Waals surface area (Å²) in [5, 5.41) is 10.8. The van der Waals surface area contributed by atoms with E-state index in [1.807, 2.05) is 43.3 Å². The smallest absolute Gasteiger partial charge is 0.128 e. The Morgan fingerprint density at radius 2 is 1.89 bits per heavy atom. The number of aromatic nitrogens is 1. The minimum atomic E-state index is 0. The van der Waals surface area contributed by atoms with Gasteiger partial charge in [0.2, 0.25) is 0 Å². The maximum absolute atomic E-state index is 9.94. The van der Waals surface area contributed by atoms with Crippen LogP contribution in [0, 0.1) is 6.92 Å². The number of para-hydroxylation sites is 1. The molecule has 0 aliphatic carbocycles. The van der Waals surface area contributed by atoms with Crippen molar-refractivity contribution in [1.82, 2.24) is 4.98 Å². The third-order valence-corrected chi connectivity index (χ3v) is 3.75. The Morgan fingerprint density at radius 1 is 1.11 bits per heavy atom. The molecule has 2 nitrogen and oxygen atoms in total. The first kappa shape index (κ1) is 13.2. The predicted molar refractivity (Wildman–Crippen MR) is 71.5 cm³/mol. The molecule has 0 amide bonds. The Kier molecular flexibility index (Phi) is 3.79. The summed E-state index contributed by atoms with van der Waals surface area (Å²) < 4.78 is 1.14. The quantitative estimate of drug-likeness (QED) is 0.690. The van der Waals surface area contributed by atoms with Crippen molar-refractivity contribution >= 4 is 21.6 Å². The molecular weight excluding hydrogens is 296 g/mol. The van der Waals surface area contributed by atoms with Crippen LogP contribution in [0.15, 0.2) is 42.5 Å². The Balaban J connectivity index is 0.00000120. The molecule has 1 aromatic heterocycles. The van der Waals surface area contributed by atoms with Crippen molar-refractivity contribution in [1.29, 1.82) is 0 Å². The van der Waals surface area contributed by atoms with E-state index < -0.39 is 0 Å². The minimum absolute atomic E-state index is 0. The van der Waals surface area contributed by atoms with Crippen LogP contribution in [0.2, 0.25) is 0 Å². The Labute approximate surface area is 122 Å². The van der Waals surface area contributed by atoms with Crippen molar-refractivity contribution in [2.24, 2.45) is 0 Å². The van der Waals surface area contributed by atoms with Crippen molar-refractivity contribution in [3.8, 4) is 16.3 Å². The first-order valence-electron chi connectivity index (χ1n) is 5.39. The van der Waals surface area contributed by atoms with Crippen LogP contribution in [0.1, 0.15) is 5.56 Å². The van der Waals surface area contributed by atoms with Gasteiger partial charge < -0.3 is 5.11 Å². The number of benzene rings is 2. The van der Waals surface area contributed by atoms with Gasteiger partial charge in [-0.05, 0) is 36.8 Å². The fraction of sp³-hybridized carbons (Fsp3) is 0.0714. The third kappa shape index (κ3) is 2.31. The Bertz CT molecular complexity index is 660. The summed E-state index contributed by atoms with van der Waals surface area (Å²) in [4.78, 5) is 4.53. The molecule has 0 saturated carbocycles. The number of rotatable bonds is 1. The summed E-state index contributed by atoms with van der Waals surface area (Å²) in [7, 11) is 0. The van der Waals surface area contributed by atoms with Crippen molar-refractivity contribution in [2.75, 3.05) is 0 Å². The number of aryl methyl sites for hydroxylation is 1. The minimum Gasteiger partial charge on any atom is -0.507 e. The van der Waals surface area contributed by atoms with Crippen molar-refractivity contribution in [3.63, 3.8) is 0 Å². The van der Waals surface area contributed by atoms with E-state index in [4.69, 9.17) is 0 Å². The van der Waals surface area contributed by atoms with Gasteiger partial charge in [0, 0.05) is 19.5 Å². The van der Waals surface area contributed by atoms with Gasteiger partial charge in [-0.2, -0.15) is 0 Å². The van der Waals surface area contributed by atoms with Gasteiger partial charge in [-0.15, -0.1) is 11.3 Å². The van der Waals surface area contributed by atoms with Crippen molar-refractivity contribution in [3.05, 3.63) is 48.0 Å². The number of thiazole rings is 1. The van der Waals surface area contributed by atoms with E-state index in [1.165, 1.54) is 0 Å². The number of nitrogens with zero attached hydrogens (tertiary/aromatic N) is 1. The first-order chi connectivity index (χ1) is 8.24. The van der Waals surface area contributed by atoms with Gasteiger partial charge in [-0.3, -0.25) is 0 Å². The van der Waals surface area contributed by atoms with E-state index in [9.17, 15) is 5.11 Å². The van der Waals surface area contributed by atoms with Crippen LogP contribution in [0.5, 0.6) is 5.75 Å². The number of aromatic hydroxyl groups is 1. The molecule has 0 bridgehead atoms. The largest absolute Gasteiger partial charge is 0.507 e. The summed E-state index contributed by atoms with van der Waals surface area (Å²) in [6, 6.07) is 13.7. The number of fused-ring (bicyclic) bond motifs is 1. The number of hydrogen-bond acceptors (Lipinski definition) is 3. The second-order valence-corrected chi connectivity index (χ2v) is 5.04. The fourth-order valence-corrected chi connectivity index (χ4v) is 2.81. The fourth-order valence-electron chi connectivity index (χ4n) is 1.81. The molecule has 3 aromatic rings. The zero-order chi connectivity index (χ0) is 11.8. The molecule has 4 heteroatoms. The normalized spacial score (nSPS) is 10.3. The van der Waals surface area contributed by atoms with Crippen LogP contribution in [-0.4, -0.2) is 10.1 Å². The molecule has 3 rings (SSSR count). The molecule has 0 aliphatic heterocycles. The molecule has 86 valence electrons. The number of phenolic OH excluding ortho intramolecular Hbond substituents is 1. The van der Waals surface area contributed by atoms with E-state index in [0.29, 0.717) is 5.75 Å². The Morgan fingerprint density at radius 3 is 2.61 bits per heavy atom. The Hall–Kier alpha value is -1.25. The summed E-state index contributed by atoms with van der Waals surface area (Å²) in [6.45, 7) is 1.96. The molecule has 18 heavy (non-hydrogen) atoms. The molecule has 0 spiro atoms. The van der Waals surface area contributed by atoms with E-state index in [-0.39, 0.29) is 19.5 Å². The molecule has 0 radical (unpaired) electrons. The van der Waals surface area contributed by atoms with Gasteiger partial charge in [0.15, 0.2) is 0 Å². The second-order valence-electron chi connectivity index (χ2n) is 4.01. The topological polar surface area (TPSA) is 33.1 Å². The maximum atomic E-state index is 9.94. The van der Waals surface area contributed by atoms with Crippen LogP contribution >= 0.6 is 11.3 Å². The zero-order valence-electron chi connectivity index (χ0n) is 10.1. The summed E-state index contributed by atoms with van der Waals surface area (Å²) >= 11 is 1.60. The van der Waals surface area contributed by atoms with Gasteiger partial charge >= 0.3 is 0 Å². The van der Waals surface area contributed by atoms with Gasteiger partial charge in [-0.1, -0.05) is 18.2 Å². The van der Waals surface area contributed by atoms with Crippen molar-refractivity contribution < 1.29 is 24.6 Å². The molecule has 1 N–H and O–H groups in total. The average Bonchev–Trinajstić information content (AvgIpc) is 2.72. The van der Waals surface area contributed by atoms with Gasteiger partial charge in [-0.25, -0.2) is 4.98 Å². The van der Waals surface area contributed by atoms with E-state index >= 15 is 0 Å². The van der Waals surface area contributed by atoms with Gasteiger partial charge in [0.25, 0.3) is 0 Å². The second kappa shape index (κ2) is 5.17. The molecular formula is C14H11NOSZn. The number of phenols is 1. The molecule has 0 saturated heterocycles. The van der Waals surface area contributed by atoms with Crippen molar-refractivity contribution in [2.45, 2.75) is 6.92 Å². The average molecular weight is 307 g/mol. The summed E-state index contributed by atoms with van der Waals surface area (Å²) in [6.07, 6.45) is 0. The van der Waals surface area contributed by atoms with E-state index in [0.717, 1.165) is 26.4 Å². The predicted octanol–water partition coefficient (Wildman–Crippen LogP) is 3.97. The monoisotopic (exact) mass is 305 g/mol. The zero-order valence-corrected chi connectivity index (χ0v) is 13.8. The summed E-state index contributed by atoms with van der Waals surface area (Å²) in [5.74, 6) is 0.295. The maximum Gasteiger partial charge on any atom is 0.128 e. The van der Waals surface area contributed by atoms with E-state index in [1.54, 1.807) is 17.4 Å². The van der Waals surface area contributed by atoms with Crippen LogP contribution in [0.4, 0.5) is 0 Å².